The van der Waals surface area contributed by atoms with Crippen LogP contribution in [0, 0.1) is 13.8 Å². The number of hydrogen-bond donors (Lipinski definition) is 2. The van der Waals surface area contributed by atoms with Crippen molar-refractivity contribution >= 4 is 52.7 Å². The quantitative estimate of drug-likeness (QED) is 0.171. The van der Waals surface area contributed by atoms with Crippen molar-refractivity contribution in [2.75, 3.05) is 15.5 Å². The van der Waals surface area contributed by atoms with Gasteiger partial charge in [-0.05, 0) is 149 Å². The molecule has 0 aliphatic heterocycles. The molecule has 2 N–H and O–H groups in total. The van der Waals surface area contributed by atoms with E-state index in [2.05, 4.69) is 15.7 Å². The first-order valence-electron chi connectivity index (χ1n) is 20.2. The summed E-state index contributed by atoms with van der Waals surface area (Å²) in [5.41, 5.74) is 3.55. The zero-order valence-corrected chi connectivity index (χ0v) is 36.8. The maximum atomic E-state index is 14.0. The second-order valence-electron chi connectivity index (χ2n) is 18.2. The van der Waals surface area contributed by atoms with Crippen LogP contribution in [-0.2, 0) is 27.7 Å². The van der Waals surface area contributed by atoms with E-state index in [0.717, 1.165) is 38.2 Å². The predicted octanol–water partition coefficient (Wildman–Crippen LogP) is 10.1. The molecule has 2 aromatic heterocycles. The third kappa shape index (κ3) is 11.7. The fourth-order valence-corrected chi connectivity index (χ4v) is 7.14. The molecule has 1 aliphatic rings. The molecule has 0 spiro atoms. The molecule has 2 aromatic carbocycles. The van der Waals surface area contributed by atoms with Gasteiger partial charge in [-0.2, -0.15) is 5.10 Å². The van der Waals surface area contributed by atoms with E-state index in [4.69, 9.17) is 24.2 Å². The van der Waals surface area contributed by atoms with E-state index >= 15 is 0 Å². The van der Waals surface area contributed by atoms with Gasteiger partial charge in [-0.25, -0.2) is 38.9 Å². The van der Waals surface area contributed by atoms with Crippen LogP contribution in [0.3, 0.4) is 0 Å². The van der Waals surface area contributed by atoms with Gasteiger partial charge in [-0.1, -0.05) is 13.0 Å². The van der Waals surface area contributed by atoms with Gasteiger partial charge in [0.25, 0.3) is 0 Å². The number of nitrogens with zero attached hydrogens (tertiary/aromatic N) is 6. The molecule has 5 amide bonds. The number of fused-ring (bicyclic) bond motifs is 1. The second-order valence-corrected chi connectivity index (χ2v) is 18.2. The molecule has 15 nitrogen and oxygen atoms in total. The minimum Gasteiger partial charge on any atom is -0.443 e. The van der Waals surface area contributed by atoms with Crippen molar-refractivity contribution in [3.8, 4) is 11.3 Å². The summed E-state index contributed by atoms with van der Waals surface area (Å²) < 4.78 is 18.9. The molecule has 4 aromatic rings. The number of benzene rings is 2. The lowest BCUT2D eigenvalue weighted by atomic mass is 9.89. The molecule has 5 rings (SSSR count). The standard InChI is InChI=1S/C44H60N8O7/c1-14-28-22-29(34-24-35(49-50(34)13)47-38(53)46-31-20-26(2)19-27(3)21-31)23-30-25-45-37(48-36(28)30)51(39(54)57-42(4,5)6)32-15-17-33(18-16-32)52(40(55)58-43(7,8)9)41(56)59-44(10,11)12/h19-25,32-33H,14-18H2,1-13H3,(H2,46,47,49,53). The van der Waals surface area contributed by atoms with Crippen molar-refractivity contribution in [2.45, 2.75) is 144 Å². The normalized spacial score (nSPS) is 15.9. The van der Waals surface area contributed by atoms with E-state index < -0.39 is 53.2 Å². The highest BCUT2D eigenvalue weighted by Gasteiger charge is 2.41. The molecule has 15 heteroatoms. The molecule has 1 aliphatic carbocycles. The van der Waals surface area contributed by atoms with Gasteiger partial charge in [0.2, 0.25) is 5.95 Å². The summed E-state index contributed by atoms with van der Waals surface area (Å²) in [6.07, 6.45) is 1.79. The number of amides is 5. The Kier molecular flexibility index (Phi) is 13.0. The maximum absolute atomic E-state index is 14.0. The monoisotopic (exact) mass is 812 g/mol. The number of imide groups is 1. The summed E-state index contributed by atoms with van der Waals surface area (Å²) in [6, 6.07) is 10.3. The topological polar surface area (TPSA) is 170 Å². The van der Waals surface area contributed by atoms with Crippen molar-refractivity contribution < 1.29 is 33.4 Å². The number of anilines is 3. The molecule has 318 valence electrons. The number of nitrogens with one attached hydrogen (secondary N) is 2. The highest BCUT2D eigenvalue weighted by Crippen LogP contribution is 2.34. The largest absolute Gasteiger partial charge is 0.443 e. The molecule has 0 bridgehead atoms. The highest BCUT2D eigenvalue weighted by molar-refractivity contribution is 6.00. The van der Waals surface area contributed by atoms with Crippen molar-refractivity contribution in [3.63, 3.8) is 0 Å². The van der Waals surface area contributed by atoms with E-state index in [0.29, 0.717) is 49.1 Å². The summed E-state index contributed by atoms with van der Waals surface area (Å²) in [7, 11) is 1.81. The van der Waals surface area contributed by atoms with E-state index in [1.54, 1.807) is 73.2 Å². The summed E-state index contributed by atoms with van der Waals surface area (Å²) in [6.45, 7) is 21.8. The minimum atomic E-state index is -0.828. The first kappa shape index (κ1) is 44.4. The van der Waals surface area contributed by atoms with Crippen molar-refractivity contribution in [1.82, 2.24) is 24.6 Å². The van der Waals surface area contributed by atoms with Gasteiger partial charge in [-0.15, -0.1) is 0 Å². The van der Waals surface area contributed by atoms with E-state index in [9.17, 15) is 19.2 Å². The van der Waals surface area contributed by atoms with Crippen LogP contribution in [0.2, 0.25) is 0 Å². The number of aromatic nitrogens is 4. The Morgan fingerprint density at radius 2 is 1.29 bits per heavy atom. The third-order valence-corrected chi connectivity index (χ3v) is 9.41. The van der Waals surface area contributed by atoms with E-state index in [1.165, 1.54) is 4.90 Å². The van der Waals surface area contributed by atoms with Gasteiger partial charge in [0.1, 0.15) is 16.8 Å². The molecule has 1 fully saturated rings. The summed E-state index contributed by atoms with van der Waals surface area (Å²) >= 11 is 0. The highest BCUT2D eigenvalue weighted by atomic mass is 16.6. The molecule has 59 heavy (non-hydrogen) atoms. The number of carbonyl (C=O) groups is 4. The summed E-state index contributed by atoms with van der Waals surface area (Å²) in [5, 5.41) is 11.0. The lowest BCUT2D eigenvalue weighted by molar-refractivity contribution is -0.0115. The van der Waals surface area contributed by atoms with Gasteiger partial charge in [0.05, 0.1) is 11.2 Å². The zero-order valence-electron chi connectivity index (χ0n) is 36.8. The predicted molar refractivity (Wildman–Crippen MR) is 229 cm³/mol. The Morgan fingerprint density at radius 1 is 0.746 bits per heavy atom. The fraction of sp³-hybridized carbons (Fsp3) is 0.523. The number of urea groups is 1. The first-order valence-corrected chi connectivity index (χ1v) is 20.2. The molecule has 2 heterocycles. The first-order chi connectivity index (χ1) is 27.4. The van der Waals surface area contributed by atoms with Crippen LogP contribution in [0.25, 0.3) is 22.2 Å². The minimum absolute atomic E-state index is 0.190. The molecule has 0 saturated heterocycles. The summed E-state index contributed by atoms with van der Waals surface area (Å²) in [4.78, 5) is 66.0. The number of carbonyl (C=O) groups excluding carboxylic acids is 4. The molecule has 0 unspecified atom stereocenters. The lowest BCUT2D eigenvalue weighted by Crippen LogP contribution is -2.52. The maximum Gasteiger partial charge on any atom is 0.420 e. The van der Waals surface area contributed by atoms with Gasteiger partial charge >= 0.3 is 24.3 Å². The van der Waals surface area contributed by atoms with Crippen molar-refractivity contribution in [3.05, 3.63) is 59.3 Å². The van der Waals surface area contributed by atoms with Crippen LogP contribution in [0.4, 0.5) is 36.6 Å². The van der Waals surface area contributed by atoms with E-state index in [1.807, 2.05) is 64.2 Å². The molecular weight excluding hydrogens is 753 g/mol. The smallest absolute Gasteiger partial charge is 0.420 e. The van der Waals surface area contributed by atoms with Crippen LogP contribution in [-0.4, -0.2) is 77.8 Å². The molecule has 0 radical (unpaired) electrons. The average molecular weight is 813 g/mol. The van der Waals surface area contributed by atoms with Crippen LogP contribution in [0.1, 0.15) is 112 Å². The zero-order chi connectivity index (χ0) is 43.6. The molecule has 0 atom stereocenters. The number of hydrogen-bond acceptors (Lipinski definition) is 10. The Hall–Kier alpha value is -5.73. The number of aryl methyl sites for hydroxylation is 4. The third-order valence-electron chi connectivity index (χ3n) is 9.41. The van der Waals surface area contributed by atoms with Crippen LogP contribution >= 0.6 is 0 Å². The molecular formula is C44H60N8O7. The van der Waals surface area contributed by atoms with Crippen LogP contribution in [0.15, 0.2) is 42.6 Å². The fourth-order valence-electron chi connectivity index (χ4n) is 7.14. The lowest BCUT2D eigenvalue weighted by Gasteiger charge is -2.39. The van der Waals surface area contributed by atoms with Crippen LogP contribution in [0.5, 0.6) is 0 Å². The van der Waals surface area contributed by atoms with Crippen molar-refractivity contribution in [2.24, 2.45) is 7.05 Å². The Bertz CT molecular complexity index is 2160. The molecule has 1 saturated carbocycles. The Balaban J connectivity index is 1.42. The summed E-state index contributed by atoms with van der Waals surface area (Å²) in [5.74, 6) is 0.577. The average Bonchev–Trinajstić information content (AvgIpc) is 3.44. The Labute approximate surface area is 347 Å². The van der Waals surface area contributed by atoms with Crippen molar-refractivity contribution in [1.29, 1.82) is 0 Å². The number of rotatable bonds is 7. The Morgan fingerprint density at radius 3 is 1.83 bits per heavy atom. The van der Waals surface area contributed by atoms with Gasteiger partial charge in [-0.3, -0.25) is 10.00 Å². The number of ether oxygens (including phenoxy) is 3. The van der Waals surface area contributed by atoms with Gasteiger partial charge in [0.15, 0.2) is 5.82 Å². The van der Waals surface area contributed by atoms with E-state index in [-0.39, 0.29) is 5.95 Å². The van der Waals surface area contributed by atoms with Gasteiger partial charge < -0.3 is 19.5 Å². The second kappa shape index (κ2) is 17.2. The van der Waals surface area contributed by atoms with Crippen LogP contribution < -0.4 is 15.5 Å². The van der Waals surface area contributed by atoms with Gasteiger partial charge in [0, 0.05) is 48.0 Å². The SMILES string of the molecule is CCc1cc(-c2cc(NC(=O)Nc3cc(C)cc(C)c3)nn2C)cc2cnc(N(C(=O)OC(C)(C)C)C3CCC(N(C(=O)OC(C)(C)C)C(=O)OC(C)(C)C)CC3)nc12.